The van der Waals surface area contributed by atoms with Gasteiger partial charge in [0, 0.05) is 99.2 Å². The van der Waals surface area contributed by atoms with E-state index in [0.29, 0.717) is 105 Å². The molecule has 422 valence electrons. The van der Waals surface area contributed by atoms with E-state index in [9.17, 15) is 57.5 Å². The van der Waals surface area contributed by atoms with Gasteiger partial charge in [0.1, 0.15) is 23.1 Å². The first-order valence-electron chi connectivity index (χ1n) is 29.4. The van der Waals surface area contributed by atoms with Gasteiger partial charge in [0.05, 0.1) is 0 Å². The highest BCUT2D eigenvalue weighted by molar-refractivity contribution is 6.04. The standard InChI is InChI=1S/C12H14O2.2C11H12O2.2C11H16O2.C11H12O2/c1-7-3-4-10-8(2)5-9(13)6-11(10)12(7)14;1-11-5-2-3-10(13)9(11)7-8(12)4-6-11;1-11-7-9(12)6-5-8(11)3-2-4-10(11)13;3*12-9-5-1-3-8-4-2-6-11(13)10(8)7-9/h3,5,10-11H,4,6H2,1-2H3;2-4,6,9H,5,7H2,1H3;2,4-6,8H,3,7H2,1H3;2*8,10H,1-7H2;1-2,5-6,8,10H,3-4,7H2/t10-,11-;9-,11+;8-,11-;8-,10?;8-,10+;8-,10?/m000111/s1. The molecule has 0 amide bonds. The summed E-state index contributed by atoms with van der Waals surface area (Å²) in [5, 5.41) is 0. The summed E-state index contributed by atoms with van der Waals surface area (Å²) in [7, 11) is 0. The van der Waals surface area contributed by atoms with E-state index in [4.69, 9.17) is 0 Å². The van der Waals surface area contributed by atoms with Crippen LogP contribution in [-0.4, -0.2) is 69.4 Å². The van der Waals surface area contributed by atoms with Gasteiger partial charge in [-0.2, -0.15) is 0 Å². The Labute approximate surface area is 466 Å². The molecule has 0 aromatic carbocycles. The first-order chi connectivity index (χ1) is 37.6. The predicted octanol–water partition coefficient (Wildman–Crippen LogP) is 11.3. The van der Waals surface area contributed by atoms with E-state index in [1.165, 1.54) is 12.8 Å². The van der Waals surface area contributed by atoms with E-state index in [1.54, 1.807) is 42.5 Å². The normalized spacial score (nSPS) is 35.2. The Morgan fingerprint density at radius 3 is 1.66 bits per heavy atom. The largest absolute Gasteiger partial charge is 0.300 e. The van der Waals surface area contributed by atoms with E-state index in [-0.39, 0.29) is 93.1 Å². The quantitative estimate of drug-likeness (QED) is 0.222. The molecular weight excluding hydrogens is 997 g/mol. The van der Waals surface area contributed by atoms with E-state index in [1.807, 2.05) is 70.2 Å². The van der Waals surface area contributed by atoms with Crippen LogP contribution in [0.3, 0.4) is 0 Å². The molecule has 12 aliphatic carbocycles. The smallest absolute Gasteiger partial charge is 0.162 e. The van der Waals surface area contributed by atoms with Crippen LogP contribution in [0.2, 0.25) is 0 Å². The summed E-state index contributed by atoms with van der Waals surface area (Å²) < 4.78 is 0. The topological polar surface area (TPSA) is 205 Å². The van der Waals surface area contributed by atoms with Crippen molar-refractivity contribution in [2.45, 2.75) is 175 Å². The highest BCUT2D eigenvalue weighted by atomic mass is 16.2. The number of Topliss-reactive ketones (excluding diaryl/α,β-unsaturated/α-hetero) is 5. The van der Waals surface area contributed by atoms with Crippen molar-refractivity contribution in [3.05, 3.63) is 96.2 Å². The molecule has 0 aliphatic heterocycles. The monoisotopic (exact) mass is 1080 g/mol. The summed E-state index contributed by atoms with van der Waals surface area (Å²) in [6, 6.07) is 0. The van der Waals surface area contributed by atoms with E-state index in [0.717, 1.165) is 81.8 Å². The van der Waals surface area contributed by atoms with Crippen LogP contribution in [0.25, 0.3) is 0 Å². The van der Waals surface area contributed by atoms with E-state index >= 15 is 0 Å². The van der Waals surface area contributed by atoms with Gasteiger partial charge in [-0.3, -0.25) is 57.5 Å². The summed E-state index contributed by atoms with van der Waals surface area (Å²) in [6.07, 6.45) is 43.4. The second kappa shape index (κ2) is 27.4. The van der Waals surface area contributed by atoms with E-state index < -0.39 is 5.41 Å². The Kier molecular flexibility index (Phi) is 21.0. The molecule has 12 rings (SSSR count). The van der Waals surface area contributed by atoms with Crippen molar-refractivity contribution in [1.82, 2.24) is 0 Å². The minimum Gasteiger partial charge on any atom is -0.300 e. The number of allylic oxidation sites excluding steroid dienone is 16. The molecule has 0 radical (unpaired) electrons. The second-order valence-corrected chi connectivity index (χ2v) is 24.8. The molecule has 0 aromatic heterocycles. The van der Waals surface area contributed by atoms with Crippen molar-refractivity contribution in [3.8, 4) is 0 Å². The molecule has 0 N–H and O–H groups in total. The molecule has 0 aromatic rings. The van der Waals surface area contributed by atoms with Crippen LogP contribution in [0, 0.1) is 70.0 Å². The fourth-order valence-corrected chi connectivity index (χ4v) is 14.1. The molecular formula is C67H82O12. The number of hydrogen-bond acceptors (Lipinski definition) is 12. The molecule has 0 saturated heterocycles. The van der Waals surface area contributed by atoms with Crippen LogP contribution in [0.1, 0.15) is 175 Å². The lowest BCUT2D eigenvalue weighted by Crippen LogP contribution is -2.40. The Morgan fingerprint density at radius 2 is 1.03 bits per heavy atom. The Morgan fingerprint density at radius 1 is 0.468 bits per heavy atom. The van der Waals surface area contributed by atoms with Gasteiger partial charge < -0.3 is 0 Å². The first-order valence-corrected chi connectivity index (χ1v) is 29.4. The first kappa shape index (κ1) is 60.6. The van der Waals surface area contributed by atoms with Gasteiger partial charge >= 0.3 is 0 Å². The second-order valence-electron chi connectivity index (χ2n) is 24.8. The number of carbonyl (C=O) groups excluding carboxylic acids is 12. The van der Waals surface area contributed by atoms with Gasteiger partial charge in [0.25, 0.3) is 0 Å². The highest BCUT2D eigenvalue weighted by Gasteiger charge is 2.44. The van der Waals surface area contributed by atoms with Gasteiger partial charge in [0.2, 0.25) is 0 Å². The zero-order valence-corrected chi connectivity index (χ0v) is 47.0. The summed E-state index contributed by atoms with van der Waals surface area (Å²) >= 11 is 0. The van der Waals surface area contributed by atoms with Crippen LogP contribution in [-0.2, 0) is 57.5 Å². The molecule has 79 heavy (non-hydrogen) atoms. The summed E-state index contributed by atoms with van der Waals surface area (Å²) in [4.78, 5) is 137. The average Bonchev–Trinajstić information content (AvgIpc) is 3.86. The molecule has 12 heteroatoms. The molecule has 12 atom stereocenters. The van der Waals surface area contributed by atoms with Gasteiger partial charge in [-0.15, -0.1) is 0 Å². The van der Waals surface area contributed by atoms with Crippen molar-refractivity contribution in [2.75, 3.05) is 0 Å². The number of carbonyl (C=O) groups is 12. The summed E-state index contributed by atoms with van der Waals surface area (Å²) in [5.41, 5.74) is 1.33. The Hall–Kier alpha value is -6.04. The minimum atomic E-state index is -0.458. The third-order valence-electron chi connectivity index (χ3n) is 19.2. The van der Waals surface area contributed by atoms with Crippen LogP contribution in [0.15, 0.2) is 96.2 Å². The van der Waals surface area contributed by atoms with Crippen molar-refractivity contribution < 1.29 is 57.5 Å². The van der Waals surface area contributed by atoms with Gasteiger partial charge in [0.15, 0.2) is 46.3 Å². The van der Waals surface area contributed by atoms with Gasteiger partial charge in [-0.25, -0.2) is 0 Å². The predicted molar refractivity (Wildman–Crippen MR) is 300 cm³/mol. The molecule has 12 aliphatic rings. The lowest BCUT2D eigenvalue weighted by Gasteiger charge is -2.37. The number of rotatable bonds is 0. The number of fused-ring (bicyclic) bond motifs is 6. The highest BCUT2D eigenvalue weighted by Crippen LogP contribution is 2.44. The van der Waals surface area contributed by atoms with Crippen molar-refractivity contribution in [1.29, 1.82) is 0 Å². The van der Waals surface area contributed by atoms with Crippen molar-refractivity contribution >= 4 is 69.4 Å². The third kappa shape index (κ3) is 15.7. The number of hydrogen-bond donors (Lipinski definition) is 0. The zero-order chi connectivity index (χ0) is 57.0. The molecule has 2 unspecified atom stereocenters. The van der Waals surface area contributed by atoms with Crippen LogP contribution >= 0.6 is 0 Å². The molecule has 4 saturated carbocycles. The van der Waals surface area contributed by atoms with Crippen LogP contribution in [0.5, 0.6) is 0 Å². The maximum absolute atomic E-state index is 11.8. The summed E-state index contributed by atoms with van der Waals surface area (Å²) in [5.74, 6) is 4.07. The maximum atomic E-state index is 11.8. The summed E-state index contributed by atoms with van der Waals surface area (Å²) in [6.45, 7) is 7.74. The molecule has 12 nitrogen and oxygen atoms in total. The zero-order valence-electron chi connectivity index (χ0n) is 47.0. The van der Waals surface area contributed by atoms with Gasteiger partial charge in [-0.05, 0) is 180 Å². The number of ketones is 12. The van der Waals surface area contributed by atoms with Crippen molar-refractivity contribution in [2.24, 2.45) is 70.0 Å². The lowest BCUT2D eigenvalue weighted by atomic mass is 9.64. The molecule has 0 spiro atoms. The maximum Gasteiger partial charge on any atom is 0.162 e. The average molecular weight is 1080 g/mol. The fraction of sp³-hybridized carbons (Fsp3) is 0.582. The SMILES string of the molecule is CC1=CC[C@H]2C(C)=CC(=O)C[C@@H]2C1=O.C[C@@]12C=CC(=O)C[C@H]1C(=O)C=CC2.C[C@]12CC(=O)C=C[C@@H]1CC=CC2=O.O=C1C=CC[C@@H]2CC=CC(=O)C2C1.O=C1CCC[C@@H]2CCCC(=O)C2C1.O=C1CCC[C@@H]2CCCC(=O)[C@H]2C1. The third-order valence-corrected chi connectivity index (χ3v) is 19.2. The molecule has 4 fully saturated rings. The minimum absolute atomic E-state index is 0.0486. The molecule has 0 heterocycles. The van der Waals surface area contributed by atoms with Gasteiger partial charge in [-0.1, -0.05) is 62.0 Å². The molecule has 0 bridgehead atoms. The van der Waals surface area contributed by atoms with Crippen LogP contribution in [0.4, 0.5) is 0 Å². The fourth-order valence-electron chi connectivity index (χ4n) is 14.1. The Balaban J connectivity index is 0.000000137. The van der Waals surface area contributed by atoms with Crippen LogP contribution < -0.4 is 0 Å². The van der Waals surface area contributed by atoms with E-state index in [2.05, 4.69) is 0 Å². The lowest BCUT2D eigenvalue weighted by molar-refractivity contribution is -0.131. The Bertz CT molecular complexity index is 2670. The van der Waals surface area contributed by atoms with Crippen molar-refractivity contribution in [3.63, 3.8) is 0 Å².